The molecule has 1 N–H and O–H groups in total. The van der Waals surface area contributed by atoms with Gasteiger partial charge in [-0.15, -0.1) is 10.2 Å². The number of nitrogens with one attached hydrogen (secondary N) is 1. The van der Waals surface area contributed by atoms with Gasteiger partial charge in [-0.05, 0) is 32.9 Å². The molecule has 0 aliphatic carbocycles. The number of hydrogen-bond donors (Lipinski definition) is 1. The summed E-state index contributed by atoms with van der Waals surface area (Å²) in [5.41, 5.74) is 0.577. The van der Waals surface area contributed by atoms with Gasteiger partial charge in [0, 0.05) is 19.2 Å². The van der Waals surface area contributed by atoms with Crippen LogP contribution in [0.4, 0.5) is 5.82 Å². The molecule has 1 aromatic carbocycles. The highest BCUT2D eigenvalue weighted by Gasteiger charge is 2.22. The number of fused-ring (bicyclic) bond motifs is 3. The first kappa shape index (κ1) is 19.2. The van der Waals surface area contributed by atoms with Gasteiger partial charge in [0.05, 0.1) is 22.3 Å². The third-order valence-electron chi connectivity index (χ3n) is 4.66. The van der Waals surface area contributed by atoms with E-state index < -0.39 is 5.25 Å². The molecule has 0 saturated carbocycles. The molecule has 150 valence electrons. The Labute approximate surface area is 170 Å². The Morgan fingerprint density at radius 1 is 1.14 bits per heavy atom. The van der Waals surface area contributed by atoms with Crippen molar-refractivity contribution < 1.29 is 4.79 Å². The zero-order valence-corrected chi connectivity index (χ0v) is 17.3. The van der Waals surface area contributed by atoms with E-state index in [1.807, 2.05) is 36.4 Å². The maximum atomic E-state index is 12.7. The Morgan fingerprint density at radius 2 is 1.90 bits per heavy atom. The number of benzene rings is 1. The predicted molar refractivity (Wildman–Crippen MR) is 112 cm³/mol. The Hall–Kier alpha value is -3.14. The number of anilines is 1. The summed E-state index contributed by atoms with van der Waals surface area (Å²) in [4.78, 5) is 25.3. The molecule has 0 radical (unpaired) electrons. The molecule has 3 aromatic heterocycles. The number of hydrogen-bond acceptors (Lipinski definition) is 6. The summed E-state index contributed by atoms with van der Waals surface area (Å²) in [7, 11) is 1.66. The molecule has 0 aliphatic heterocycles. The highest BCUT2D eigenvalue weighted by atomic mass is 32.2. The van der Waals surface area contributed by atoms with E-state index in [0.717, 1.165) is 0 Å². The van der Waals surface area contributed by atoms with Crippen LogP contribution < -0.4 is 10.9 Å². The van der Waals surface area contributed by atoms with Crippen molar-refractivity contribution in [3.63, 3.8) is 0 Å². The fourth-order valence-corrected chi connectivity index (χ4v) is 4.01. The lowest BCUT2D eigenvalue weighted by Gasteiger charge is -2.14. The van der Waals surface area contributed by atoms with Gasteiger partial charge in [-0.2, -0.15) is 5.10 Å². The lowest BCUT2D eigenvalue weighted by atomic mass is 10.2. The summed E-state index contributed by atoms with van der Waals surface area (Å²) < 4.78 is 5.03. The minimum atomic E-state index is -0.436. The van der Waals surface area contributed by atoms with Crippen LogP contribution in [0.25, 0.3) is 16.7 Å². The molecular formula is C19H21N7O2S. The molecule has 1 atom stereocenters. The van der Waals surface area contributed by atoms with Crippen molar-refractivity contribution in [2.45, 2.75) is 37.2 Å². The number of carbonyl (C=O) groups excluding carboxylic acids is 1. The molecule has 9 nitrogen and oxygen atoms in total. The first-order chi connectivity index (χ1) is 13.9. The summed E-state index contributed by atoms with van der Waals surface area (Å²) in [6.45, 7) is 5.80. The number of nitrogens with zero attached hydrogens (tertiary/aromatic N) is 6. The maximum absolute atomic E-state index is 12.7. The van der Waals surface area contributed by atoms with Crippen LogP contribution in [0.5, 0.6) is 0 Å². The SMILES string of the molecule is CC(Sc1nnc2n(C)c(=O)c3ccccc3n12)C(=O)Nc1ccnn1C(C)C. The highest BCUT2D eigenvalue weighted by molar-refractivity contribution is 8.00. The van der Waals surface area contributed by atoms with E-state index in [2.05, 4.69) is 20.6 Å². The van der Waals surface area contributed by atoms with E-state index in [1.54, 1.807) is 37.0 Å². The van der Waals surface area contributed by atoms with Gasteiger partial charge < -0.3 is 5.32 Å². The van der Waals surface area contributed by atoms with E-state index in [9.17, 15) is 9.59 Å². The zero-order valence-electron chi connectivity index (χ0n) is 16.5. The number of amides is 1. The second-order valence-corrected chi connectivity index (χ2v) is 8.31. The van der Waals surface area contributed by atoms with Crippen molar-refractivity contribution in [1.29, 1.82) is 0 Å². The van der Waals surface area contributed by atoms with Gasteiger partial charge in [0.25, 0.3) is 5.56 Å². The fraction of sp³-hybridized carbons (Fsp3) is 0.316. The minimum absolute atomic E-state index is 0.134. The summed E-state index contributed by atoms with van der Waals surface area (Å²) in [5, 5.41) is 16.2. The van der Waals surface area contributed by atoms with E-state index in [-0.39, 0.29) is 17.5 Å². The summed E-state index contributed by atoms with van der Waals surface area (Å²) in [6.07, 6.45) is 1.66. The van der Waals surface area contributed by atoms with Gasteiger partial charge in [-0.25, -0.2) is 4.68 Å². The average molecular weight is 411 g/mol. The largest absolute Gasteiger partial charge is 0.310 e. The summed E-state index contributed by atoms with van der Waals surface area (Å²) in [6, 6.07) is 9.21. The molecule has 0 aliphatic rings. The Bertz CT molecular complexity index is 1270. The monoisotopic (exact) mass is 411 g/mol. The van der Waals surface area contributed by atoms with E-state index in [0.29, 0.717) is 27.7 Å². The topological polar surface area (TPSA) is 99.1 Å². The molecule has 0 fully saturated rings. The highest BCUT2D eigenvalue weighted by Crippen LogP contribution is 2.26. The van der Waals surface area contributed by atoms with Crippen LogP contribution in [0, 0.1) is 0 Å². The van der Waals surface area contributed by atoms with Gasteiger partial charge in [0.1, 0.15) is 5.82 Å². The smallest absolute Gasteiger partial charge is 0.262 e. The predicted octanol–water partition coefficient (Wildman–Crippen LogP) is 2.48. The molecule has 0 spiro atoms. The Balaban J connectivity index is 1.67. The molecular weight excluding hydrogens is 390 g/mol. The van der Waals surface area contributed by atoms with Crippen LogP contribution in [0.3, 0.4) is 0 Å². The quantitative estimate of drug-likeness (QED) is 0.507. The molecule has 29 heavy (non-hydrogen) atoms. The first-order valence-electron chi connectivity index (χ1n) is 9.22. The number of thioether (sulfide) groups is 1. The van der Waals surface area contributed by atoms with Gasteiger partial charge in [0.15, 0.2) is 5.16 Å². The fourth-order valence-electron chi connectivity index (χ4n) is 3.15. The van der Waals surface area contributed by atoms with E-state index >= 15 is 0 Å². The third-order valence-corrected chi connectivity index (χ3v) is 5.70. The van der Waals surface area contributed by atoms with Crippen molar-refractivity contribution in [3.8, 4) is 0 Å². The molecule has 4 rings (SSSR count). The number of rotatable bonds is 5. The summed E-state index contributed by atoms with van der Waals surface area (Å²) >= 11 is 1.29. The maximum Gasteiger partial charge on any atom is 0.262 e. The normalized spacial score (nSPS) is 12.7. The second-order valence-electron chi connectivity index (χ2n) is 7.00. The van der Waals surface area contributed by atoms with Crippen LogP contribution in [-0.2, 0) is 11.8 Å². The van der Waals surface area contributed by atoms with Crippen LogP contribution >= 0.6 is 11.8 Å². The van der Waals surface area contributed by atoms with Gasteiger partial charge >= 0.3 is 0 Å². The van der Waals surface area contributed by atoms with Gasteiger partial charge in [-0.1, -0.05) is 23.9 Å². The van der Waals surface area contributed by atoms with Crippen LogP contribution in [0.1, 0.15) is 26.8 Å². The Morgan fingerprint density at radius 3 is 2.66 bits per heavy atom. The Kier molecular flexibility index (Phi) is 4.87. The molecule has 0 saturated heterocycles. The van der Waals surface area contributed by atoms with Crippen molar-refractivity contribution in [2.75, 3.05) is 5.32 Å². The van der Waals surface area contributed by atoms with Crippen LogP contribution in [-0.4, -0.2) is 40.1 Å². The average Bonchev–Trinajstić information content (AvgIpc) is 3.33. The third kappa shape index (κ3) is 3.29. The van der Waals surface area contributed by atoms with Gasteiger partial charge in [-0.3, -0.25) is 18.6 Å². The number of para-hydroxylation sites is 1. The number of aromatic nitrogens is 6. The number of aryl methyl sites for hydroxylation is 1. The minimum Gasteiger partial charge on any atom is -0.310 e. The first-order valence-corrected chi connectivity index (χ1v) is 10.1. The van der Waals surface area contributed by atoms with Crippen molar-refractivity contribution in [1.82, 2.24) is 28.9 Å². The zero-order chi connectivity index (χ0) is 20.7. The number of carbonyl (C=O) groups is 1. The standard InChI is InChI=1S/C19H21N7O2S/c1-11(2)26-15(9-10-20-26)21-16(27)12(3)29-19-23-22-18-24(4)17(28)13-7-5-6-8-14(13)25(18)19/h5-12H,1-4H3,(H,21,27). The van der Waals surface area contributed by atoms with Crippen LogP contribution in [0.2, 0.25) is 0 Å². The second kappa shape index (κ2) is 7.36. The van der Waals surface area contributed by atoms with Crippen molar-refractivity contribution in [3.05, 3.63) is 46.9 Å². The van der Waals surface area contributed by atoms with Gasteiger partial charge in [0.2, 0.25) is 11.7 Å². The lowest BCUT2D eigenvalue weighted by molar-refractivity contribution is -0.115. The van der Waals surface area contributed by atoms with E-state index in [1.165, 1.54) is 16.3 Å². The van der Waals surface area contributed by atoms with Crippen LogP contribution in [0.15, 0.2) is 46.5 Å². The van der Waals surface area contributed by atoms with Crippen molar-refractivity contribution in [2.24, 2.45) is 7.05 Å². The van der Waals surface area contributed by atoms with Crippen molar-refractivity contribution >= 4 is 40.2 Å². The lowest BCUT2D eigenvalue weighted by Crippen LogP contribution is -2.25. The molecule has 10 heteroatoms. The molecule has 0 bridgehead atoms. The molecule has 3 heterocycles. The molecule has 1 unspecified atom stereocenters. The summed E-state index contributed by atoms with van der Waals surface area (Å²) in [5.74, 6) is 0.918. The molecule has 1 amide bonds. The van der Waals surface area contributed by atoms with E-state index in [4.69, 9.17) is 0 Å². The molecule has 4 aromatic rings.